The fourth-order valence-corrected chi connectivity index (χ4v) is 3.36. The number of carbonyl (C=O) groups is 1. The average molecular weight is 377 g/mol. The van der Waals surface area contributed by atoms with Crippen LogP contribution in [0.15, 0.2) is 35.4 Å². The SMILES string of the molecule is C=NN(CCN1CCC(COC)(Nc2ccccc2)CC1)C(=O)N(N)CC. The van der Waals surface area contributed by atoms with Gasteiger partial charge < -0.3 is 15.0 Å². The number of carbonyl (C=O) groups excluding carboxylic acids is 1. The van der Waals surface area contributed by atoms with Gasteiger partial charge in [0.2, 0.25) is 0 Å². The molecule has 0 saturated carbocycles. The summed E-state index contributed by atoms with van der Waals surface area (Å²) in [6.45, 7) is 9.44. The minimum absolute atomic E-state index is 0.0743. The number of methoxy groups -OCH3 is 1. The Bertz CT molecular complexity index is 589. The van der Waals surface area contributed by atoms with Gasteiger partial charge in [0.05, 0.1) is 18.7 Å². The summed E-state index contributed by atoms with van der Waals surface area (Å²) in [5, 5.41) is 9.93. The number of benzene rings is 1. The van der Waals surface area contributed by atoms with Gasteiger partial charge in [-0.3, -0.25) is 5.01 Å². The lowest BCUT2D eigenvalue weighted by molar-refractivity contribution is 0.0837. The van der Waals surface area contributed by atoms with E-state index in [1.54, 1.807) is 7.11 Å². The van der Waals surface area contributed by atoms with Crippen molar-refractivity contribution in [2.75, 3.05) is 51.8 Å². The number of amides is 2. The van der Waals surface area contributed by atoms with Crippen LogP contribution in [0.5, 0.6) is 0 Å². The minimum atomic E-state index is -0.330. The maximum Gasteiger partial charge on any atom is 0.354 e. The number of nitrogens with two attached hydrogens (primary N) is 1. The third-order valence-electron chi connectivity index (χ3n) is 5.02. The molecule has 1 aromatic carbocycles. The Labute approximate surface area is 161 Å². The van der Waals surface area contributed by atoms with Crippen LogP contribution in [0.3, 0.4) is 0 Å². The number of urea groups is 1. The highest BCUT2D eigenvalue weighted by Crippen LogP contribution is 2.27. The summed E-state index contributed by atoms with van der Waals surface area (Å²) in [6.07, 6.45) is 1.92. The highest BCUT2D eigenvalue weighted by atomic mass is 16.5. The van der Waals surface area contributed by atoms with Gasteiger partial charge in [0.25, 0.3) is 0 Å². The standard InChI is InChI=1S/C19H32N6O2/c1-4-24(20)18(26)25(21-2)15-14-23-12-10-19(11-13-23,16-27-3)22-17-8-6-5-7-9-17/h5-9,22H,2,4,10-16,20H2,1,3H3. The third kappa shape index (κ3) is 5.92. The van der Waals surface area contributed by atoms with Gasteiger partial charge in [-0.2, -0.15) is 5.10 Å². The summed E-state index contributed by atoms with van der Waals surface area (Å²) in [4.78, 5) is 14.4. The summed E-state index contributed by atoms with van der Waals surface area (Å²) in [5.41, 5.74) is 1.04. The van der Waals surface area contributed by atoms with E-state index in [-0.39, 0.29) is 11.6 Å². The second kappa shape index (κ2) is 10.2. The number of hydrazone groups is 1. The molecule has 0 bridgehead atoms. The van der Waals surface area contributed by atoms with E-state index in [4.69, 9.17) is 10.6 Å². The van der Waals surface area contributed by atoms with Crippen molar-refractivity contribution in [3.8, 4) is 0 Å². The van der Waals surface area contributed by atoms with Gasteiger partial charge in [-0.15, -0.1) is 0 Å². The number of likely N-dealkylation sites (tertiary alicyclic amines) is 1. The minimum Gasteiger partial charge on any atom is -0.382 e. The fourth-order valence-electron chi connectivity index (χ4n) is 3.36. The van der Waals surface area contributed by atoms with E-state index in [1.165, 1.54) is 5.01 Å². The van der Waals surface area contributed by atoms with Gasteiger partial charge in [0.15, 0.2) is 0 Å². The van der Waals surface area contributed by atoms with Crippen LogP contribution in [0, 0.1) is 0 Å². The normalized spacial score (nSPS) is 16.6. The third-order valence-corrected chi connectivity index (χ3v) is 5.02. The molecule has 0 aliphatic carbocycles. The quantitative estimate of drug-likeness (QED) is 0.297. The molecule has 0 spiro atoms. The molecule has 0 unspecified atom stereocenters. The van der Waals surface area contributed by atoms with E-state index in [9.17, 15) is 4.79 Å². The van der Waals surface area contributed by atoms with Gasteiger partial charge in [0.1, 0.15) is 0 Å². The van der Waals surface area contributed by atoms with Gasteiger partial charge >= 0.3 is 6.03 Å². The van der Waals surface area contributed by atoms with Gasteiger partial charge in [-0.25, -0.2) is 15.6 Å². The molecule has 0 radical (unpaired) electrons. The number of para-hydroxylation sites is 1. The van der Waals surface area contributed by atoms with Gasteiger partial charge in [-0.05, 0) is 31.9 Å². The maximum atomic E-state index is 12.1. The Kier molecular flexibility index (Phi) is 8.02. The molecule has 2 amide bonds. The molecule has 1 saturated heterocycles. The van der Waals surface area contributed by atoms with Crippen molar-refractivity contribution in [2.24, 2.45) is 10.9 Å². The lowest BCUT2D eigenvalue weighted by atomic mass is 9.87. The van der Waals surface area contributed by atoms with Gasteiger partial charge in [-0.1, -0.05) is 18.2 Å². The fraction of sp³-hybridized carbons (Fsp3) is 0.579. The largest absolute Gasteiger partial charge is 0.382 e. The molecule has 3 N–H and O–H groups in total. The summed E-state index contributed by atoms with van der Waals surface area (Å²) in [7, 11) is 1.74. The van der Waals surface area contributed by atoms with Crippen LogP contribution in [0.1, 0.15) is 19.8 Å². The average Bonchev–Trinajstić information content (AvgIpc) is 2.70. The molecule has 1 aliphatic rings. The van der Waals surface area contributed by atoms with Crippen molar-refractivity contribution >= 4 is 18.4 Å². The number of ether oxygens (including phenoxy) is 1. The predicted octanol–water partition coefficient (Wildman–Crippen LogP) is 1.81. The first kappa shape index (κ1) is 21.1. The van der Waals surface area contributed by atoms with Crippen molar-refractivity contribution in [1.29, 1.82) is 0 Å². The molecule has 0 aromatic heterocycles. The molecule has 1 fully saturated rings. The van der Waals surface area contributed by atoms with Crippen molar-refractivity contribution in [1.82, 2.24) is 14.9 Å². The molecular weight excluding hydrogens is 344 g/mol. The molecule has 1 aliphatic heterocycles. The summed E-state index contributed by atoms with van der Waals surface area (Å²) in [5.74, 6) is 5.66. The molecule has 150 valence electrons. The second-order valence-electron chi connectivity index (χ2n) is 6.88. The Hall–Kier alpha value is -2.16. The zero-order valence-corrected chi connectivity index (χ0v) is 16.4. The molecule has 2 rings (SSSR count). The molecule has 1 aromatic rings. The van der Waals surface area contributed by atoms with Crippen LogP contribution in [0.4, 0.5) is 10.5 Å². The van der Waals surface area contributed by atoms with Crippen LogP contribution in [-0.4, -0.2) is 79.6 Å². The highest BCUT2D eigenvalue weighted by molar-refractivity contribution is 5.73. The van der Waals surface area contributed by atoms with Crippen molar-refractivity contribution in [3.63, 3.8) is 0 Å². The zero-order chi connectivity index (χ0) is 19.7. The summed E-state index contributed by atoms with van der Waals surface area (Å²) < 4.78 is 5.50. The van der Waals surface area contributed by atoms with Crippen LogP contribution < -0.4 is 11.2 Å². The predicted molar refractivity (Wildman–Crippen MR) is 109 cm³/mol. The van der Waals surface area contributed by atoms with Crippen LogP contribution in [-0.2, 0) is 4.74 Å². The number of anilines is 1. The van der Waals surface area contributed by atoms with E-state index >= 15 is 0 Å². The Morgan fingerprint density at radius 3 is 2.59 bits per heavy atom. The first-order valence-corrected chi connectivity index (χ1v) is 9.38. The second-order valence-corrected chi connectivity index (χ2v) is 6.88. The molecule has 27 heavy (non-hydrogen) atoms. The molecule has 8 heteroatoms. The molecule has 8 nitrogen and oxygen atoms in total. The number of nitrogens with one attached hydrogen (secondary N) is 1. The number of nitrogens with zero attached hydrogens (tertiary/aromatic N) is 4. The van der Waals surface area contributed by atoms with E-state index in [1.807, 2.05) is 25.1 Å². The molecule has 1 heterocycles. The summed E-state index contributed by atoms with van der Waals surface area (Å²) in [6, 6.07) is 9.90. The Morgan fingerprint density at radius 2 is 2.04 bits per heavy atom. The molecular formula is C19H32N6O2. The lowest BCUT2D eigenvalue weighted by Gasteiger charge is -2.43. The Balaban J connectivity index is 1.88. The summed E-state index contributed by atoms with van der Waals surface area (Å²) >= 11 is 0. The highest BCUT2D eigenvalue weighted by Gasteiger charge is 2.34. The van der Waals surface area contributed by atoms with Gasteiger partial charge in [0, 0.05) is 45.7 Å². The van der Waals surface area contributed by atoms with E-state index in [0.717, 1.165) is 43.2 Å². The van der Waals surface area contributed by atoms with Crippen LogP contribution in [0.25, 0.3) is 0 Å². The maximum absolute atomic E-state index is 12.1. The number of hydrogen-bond donors (Lipinski definition) is 2. The van der Waals surface area contributed by atoms with Crippen molar-refractivity contribution < 1.29 is 9.53 Å². The Morgan fingerprint density at radius 1 is 1.37 bits per heavy atom. The molecule has 0 atom stereocenters. The van der Waals surface area contributed by atoms with Crippen molar-refractivity contribution in [2.45, 2.75) is 25.3 Å². The smallest absolute Gasteiger partial charge is 0.354 e. The topological polar surface area (TPSA) is 86.4 Å². The van der Waals surface area contributed by atoms with E-state index < -0.39 is 0 Å². The van der Waals surface area contributed by atoms with Crippen LogP contribution >= 0.6 is 0 Å². The first-order chi connectivity index (χ1) is 13.0. The zero-order valence-electron chi connectivity index (χ0n) is 16.4. The number of hydrogen-bond acceptors (Lipinski definition) is 6. The van der Waals surface area contributed by atoms with E-state index in [2.05, 4.69) is 34.2 Å². The first-order valence-electron chi connectivity index (χ1n) is 9.38. The lowest BCUT2D eigenvalue weighted by Crippen LogP contribution is -2.53. The number of rotatable bonds is 9. The number of piperidine rings is 1. The number of hydrazine groups is 1. The van der Waals surface area contributed by atoms with E-state index in [0.29, 0.717) is 19.7 Å². The van der Waals surface area contributed by atoms with Crippen molar-refractivity contribution in [3.05, 3.63) is 30.3 Å². The monoisotopic (exact) mass is 376 g/mol. The van der Waals surface area contributed by atoms with Crippen LogP contribution in [0.2, 0.25) is 0 Å².